The van der Waals surface area contributed by atoms with Crippen molar-refractivity contribution in [2.75, 3.05) is 0 Å². The van der Waals surface area contributed by atoms with Crippen molar-refractivity contribution in [3.05, 3.63) is 136 Å². The van der Waals surface area contributed by atoms with Gasteiger partial charge in [0.05, 0.1) is 0 Å². The highest BCUT2D eigenvalue weighted by atomic mass is 16.5. The molecule has 0 spiro atoms. The number of hydrogen-bond donors (Lipinski definition) is 3. The van der Waals surface area contributed by atoms with Gasteiger partial charge in [-0.05, 0) is 127 Å². The van der Waals surface area contributed by atoms with Crippen molar-refractivity contribution >= 4 is 17.3 Å². The zero-order valence-electron chi connectivity index (χ0n) is 50.2. The minimum atomic E-state index is -1.30. The first-order valence-corrected chi connectivity index (χ1v) is 26.9. The van der Waals surface area contributed by atoms with E-state index in [4.69, 9.17) is 14.2 Å². The molecule has 1 heterocycles. The van der Waals surface area contributed by atoms with Gasteiger partial charge >= 0.3 is 17.1 Å². The zero-order valence-corrected chi connectivity index (χ0v) is 50.2. The predicted molar refractivity (Wildman–Crippen MR) is 308 cm³/mol. The average Bonchev–Trinajstić information content (AvgIpc) is 3.23. The Bertz CT molecular complexity index is 2550. The van der Waals surface area contributed by atoms with Crippen molar-refractivity contribution in [2.24, 2.45) is 0 Å². The van der Waals surface area contributed by atoms with Gasteiger partial charge in [-0.1, -0.05) is 145 Å². The van der Waals surface area contributed by atoms with Crippen LogP contribution in [0.3, 0.4) is 0 Å². The summed E-state index contributed by atoms with van der Waals surface area (Å²) in [5.74, 6) is 1.70. The topological polar surface area (TPSA) is 154 Å². The summed E-state index contributed by atoms with van der Waals surface area (Å²) in [6, 6.07) is 11.3. The fourth-order valence-corrected chi connectivity index (χ4v) is 9.25. The minimum absolute atomic E-state index is 0.193. The Morgan fingerprint density at radius 1 is 0.387 bits per heavy atom. The first kappa shape index (κ1) is 61.6. The molecule has 3 N–H and O–H groups in total. The van der Waals surface area contributed by atoms with E-state index in [-0.39, 0.29) is 17.2 Å². The summed E-state index contributed by atoms with van der Waals surface area (Å²) in [5, 5.41) is 34.9. The molecule has 4 rings (SSSR count). The standard InChI is InChI=1S/C63H93N3O9/c1-25-28-49(40-31-43(58(7,8)9)52(67)44(32-40)59(10,11)12)73-37(4)64-55(70)65(38(5)74-50(29-26-2)41-33-45(60(13,14)15)53(68)46(34-41)61(16,17)18)57(72)66(56(64)71)39(6)75-51(30-27-3)42-35-47(62(19,20)21)54(69)48(36-42)63(22,23)24/h28-39,67-69H,25-27H2,1-24H3/b49-28+,50-29+,51-30+. The highest BCUT2D eigenvalue weighted by Crippen LogP contribution is 2.45. The molecule has 0 aliphatic heterocycles. The molecule has 0 aliphatic carbocycles. The van der Waals surface area contributed by atoms with Crippen LogP contribution >= 0.6 is 0 Å². The average molecular weight is 1040 g/mol. The van der Waals surface area contributed by atoms with Gasteiger partial charge in [0.2, 0.25) is 0 Å². The Hall–Kier alpha value is -5.91. The van der Waals surface area contributed by atoms with Crippen molar-refractivity contribution in [3.63, 3.8) is 0 Å². The van der Waals surface area contributed by atoms with E-state index in [9.17, 15) is 15.3 Å². The summed E-state index contributed by atoms with van der Waals surface area (Å²) in [5.41, 5.74) is 0.479. The van der Waals surface area contributed by atoms with E-state index in [1.807, 2.05) is 200 Å². The maximum atomic E-state index is 15.3. The predicted octanol–water partition coefficient (Wildman–Crippen LogP) is 15.0. The summed E-state index contributed by atoms with van der Waals surface area (Å²) < 4.78 is 23.0. The second kappa shape index (κ2) is 22.4. The zero-order chi connectivity index (χ0) is 57.5. The summed E-state index contributed by atoms with van der Waals surface area (Å²) in [7, 11) is 0. The van der Waals surface area contributed by atoms with Crippen molar-refractivity contribution in [2.45, 2.75) is 237 Å². The number of benzene rings is 3. The van der Waals surface area contributed by atoms with Crippen LogP contribution in [0.25, 0.3) is 17.3 Å². The fourth-order valence-electron chi connectivity index (χ4n) is 9.25. The number of ether oxygens (including phenoxy) is 3. The largest absolute Gasteiger partial charge is 0.507 e. The lowest BCUT2D eigenvalue weighted by atomic mass is 9.78. The molecule has 12 nitrogen and oxygen atoms in total. The van der Waals surface area contributed by atoms with Crippen molar-refractivity contribution < 1.29 is 29.5 Å². The van der Waals surface area contributed by atoms with Crippen molar-refractivity contribution in [3.8, 4) is 17.2 Å². The number of phenols is 3. The SMILES string of the molecule is CC/C=C(/OC(C)n1c(=O)n(C(C)O/C(=C/CC)c2cc(C(C)(C)C)c(O)c(C(C)(C)C)c2)c(=O)n(C(C)O/C(=C/CC)c2cc(C(C)(C)C)c(O)c(C(C)(C)C)c2)c1=O)c1cc(C(C)(C)C)c(O)c(C(C)(C)C)c1. The van der Waals surface area contributed by atoms with E-state index < -0.39 is 68.2 Å². The Kier molecular flexibility index (Phi) is 18.4. The quantitative estimate of drug-likeness (QED) is 0.0987. The third-order valence-electron chi connectivity index (χ3n) is 13.4. The normalized spacial score (nSPS) is 15.0. The van der Waals surface area contributed by atoms with E-state index >= 15 is 14.4 Å². The molecular formula is C63H93N3O9. The Morgan fingerprint density at radius 3 is 0.680 bits per heavy atom. The van der Waals surface area contributed by atoms with Gasteiger partial charge in [-0.3, -0.25) is 0 Å². The van der Waals surface area contributed by atoms with Gasteiger partial charge in [0.25, 0.3) is 0 Å². The first-order valence-electron chi connectivity index (χ1n) is 26.9. The third kappa shape index (κ3) is 13.7. The lowest BCUT2D eigenvalue weighted by Gasteiger charge is -2.30. The molecule has 0 saturated heterocycles. The second-order valence-electron chi connectivity index (χ2n) is 26.3. The van der Waals surface area contributed by atoms with Gasteiger partial charge in [-0.25, -0.2) is 28.1 Å². The maximum Gasteiger partial charge on any atom is 0.342 e. The van der Waals surface area contributed by atoms with E-state index in [1.54, 1.807) is 20.8 Å². The van der Waals surface area contributed by atoms with E-state index in [2.05, 4.69) is 0 Å². The molecule has 0 bridgehead atoms. The van der Waals surface area contributed by atoms with E-state index in [0.717, 1.165) is 13.7 Å². The van der Waals surface area contributed by atoms with Crippen LogP contribution in [0.5, 0.6) is 17.2 Å². The van der Waals surface area contributed by atoms with Gasteiger partial charge in [-0.15, -0.1) is 0 Å². The number of rotatable bonds is 15. The number of aromatic hydroxyl groups is 3. The molecule has 3 atom stereocenters. The van der Waals surface area contributed by atoms with Gasteiger partial charge < -0.3 is 29.5 Å². The van der Waals surface area contributed by atoms with E-state index in [1.165, 1.54) is 0 Å². The molecule has 0 saturated carbocycles. The van der Waals surface area contributed by atoms with Crippen molar-refractivity contribution in [1.82, 2.24) is 13.7 Å². The number of nitrogens with zero attached hydrogens (tertiary/aromatic N) is 3. The highest BCUT2D eigenvalue weighted by Gasteiger charge is 2.34. The Labute approximate surface area is 448 Å². The van der Waals surface area contributed by atoms with Crippen molar-refractivity contribution in [1.29, 1.82) is 0 Å². The smallest absolute Gasteiger partial charge is 0.342 e. The highest BCUT2D eigenvalue weighted by molar-refractivity contribution is 5.68. The Morgan fingerprint density at radius 2 is 0.547 bits per heavy atom. The summed E-state index contributed by atoms with van der Waals surface area (Å²) >= 11 is 0. The van der Waals surface area contributed by atoms with Crippen LogP contribution in [0.2, 0.25) is 0 Å². The number of allylic oxidation sites excluding steroid dienone is 3. The molecule has 1 aromatic heterocycles. The Balaban J connectivity index is 2.09. The molecule has 4 aromatic rings. The fraction of sp³-hybridized carbons (Fsp3) is 0.571. The minimum Gasteiger partial charge on any atom is -0.507 e. The molecule has 0 aliphatic rings. The summed E-state index contributed by atoms with van der Waals surface area (Å²) in [4.78, 5) is 45.8. The first-order chi connectivity index (χ1) is 34.1. The molecule has 0 radical (unpaired) electrons. The molecule has 3 aromatic carbocycles. The van der Waals surface area contributed by atoms with Crippen LogP contribution in [-0.4, -0.2) is 29.0 Å². The lowest BCUT2D eigenvalue weighted by Crippen LogP contribution is -2.57. The van der Waals surface area contributed by atoms with Gasteiger partial charge in [0, 0.05) is 50.1 Å². The lowest BCUT2D eigenvalue weighted by molar-refractivity contribution is 0.0560. The number of hydrogen-bond acceptors (Lipinski definition) is 9. The molecule has 75 heavy (non-hydrogen) atoms. The molecular weight excluding hydrogens is 943 g/mol. The van der Waals surface area contributed by atoms with Crippen LogP contribution in [0.1, 0.15) is 254 Å². The summed E-state index contributed by atoms with van der Waals surface area (Å²) in [6.07, 6.45) is 3.29. The van der Waals surface area contributed by atoms with Gasteiger partial charge in [-0.2, -0.15) is 0 Å². The molecule has 0 fully saturated rings. The number of aromatic nitrogens is 3. The van der Waals surface area contributed by atoms with Crippen LogP contribution in [0.4, 0.5) is 0 Å². The van der Waals surface area contributed by atoms with E-state index in [0.29, 0.717) is 86.6 Å². The van der Waals surface area contributed by atoms with Crippen LogP contribution in [-0.2, 0) is 46.7 Å². The molecule has 12 heteroatoms. The van der Waals surface area contributed by atoms with Crippen LogP contribution in [0.15, 0.2) is 69.0 Å². The third-order valence-corrected chi connectivity index (χ3v) is 13.4. The second-order valence-corrected chi connectivity index (χ2v) is 26.3. The van der Waals surface area contributed by atoms with Crippen LogP contribution in [0, 0.1) is 0 Å². The number of phenolic OH excluding ortho intramolecular Hbond substituents is 3. The molecule has 414 valence electrons. The summed E-state index contributed by atoms with van der Waals surface area (Å²) in [6.45, 7) is 47.0. The molecule has 3 unspecified atom stereocenters. The van der Waals surface area contributed by atoms with Gasteiger partial charge in [0.15, 0.2) is 18.7 Å². The molecule has 0 amide bonds. The monoisotopic (exact) mass is 1040 g/mol. The maximum absolute atomic E-state index is 15.3. The van der Waals surface area contributed by atoms with Gasteiger partial charge in [0.1, 0.15) is 34.5 Å². The van der Waals surface area contributed by atoms with Crippen LogP contribution < -0.4 is 17.1 Å².